The van der Waals surface area contributed by atoms with Crippen LogP contribution in [-0.2, 0) is 11.3 Å². The molecule has 2 N–H and O–H groups in total. The maximum atomic E-state index is 12.1. The summed E-state index contributed by atoms with van der Waals surface area (Å²) < 4.78 is 1.82. The Hall–Kier alpha value is -2.14. The molecule has 1 amide bonds. The summed E-state index contributed by atoms with van der Waals surface area (Å²) in [6, 6.07) is 9.95. The monoisotopic (exact) mass is 284 g/mol. The van der Waals surface area contributed by atoms with Gasteiger partial charge in [0, 0.05) is 24.8 Å². The Labute approximate surface area is 124 Å². The third kappa shape index (κ3) is 3.49. The minimum absolute atomic E-state index is 0.0999. The van der Waals surface area contributed by atoms with Crippen LogP contribution in [0.4, 0.5) is 0 Å². The number of nitrogens with zero attached hydrogens (tertiary/aromatic N) is 2. The molecular formula is C16H20N4O. The molecule has 5 nitrogen and oxygen atoms in total. The maximum absolute atomic E-state index is 12.1. The Balaban J connectivity index is 1.56. The highest BCUT2D eigenvalue weighted by atomic mass is 16.1. The summed E-state index contributed by atoms with van der Waals surface area (Å²) in [5.74, 6) is 0.234. The molecular weight excluding hydrogens is 264 g/mol. The molecule has 2 aromatic rings. The lowest BCUT2D eigenvalue weighted by molar-refractivity contribution is -0.125. The van der Waals surface area contributed by atoms with E-state index >= 15 is 0 Å². The Morgan fingerprint density at radius 2 is 2.24 bits per heavy atom. The zero-order valence-electron chi connectivity index (χ0n) is 12.0. The molecule has 0 radical (unpaired) electrons. The van der Waals surface area contributed by atoms with Crippen molar-refractivity contribution in [3.63, 3.8) is 0 Å². The maximum Gasteiger partial charge on any atom is 0.224 e. The molecule has 0 unspecified atom stereocenters. The fourth-order valence-corrected chi connectivity index (χ4v) is 2.58. The van der Waals surface area contributed by atoms with Gasteiger partial charge in [-0.2, -0.15) is 5.10 Å². The van der Waals surface area contributed by atoms with Crippen molar-refractivity contribution in [3.8, 4) is 5.69 Å². The van der Waals surface area contributed by atoms with Gasteiger partial charge < -0.3 is 10.6 Å². The first kappa shape index (κ1) is 13.8. The van der Waals surface area contributed by atoms with Gasteiger partial charge in [-0.25, -0.2) is 4.68 Å². The van der Waals surface area contributed by atoms with Crippen LogP contribution >= 0.6 is 0 Å². The third-order valence-corrected chi connectivity index (χ3v) is 3.79. The summed E-state index contributed by atoms with van der Waals surface area (Å²) in [5.41, 5.74) is 2.03. The first-order valence-electron chi connectivity index (χ1n) is 7.40. The molecule has 21 heavy (non-hydrogen) atoms. The number of benzene rings is 1. The van der Waals surface area contributed by atoms with Crippen molar-refractivity contribution >= 4 is 5.91 Å². The van der Waals surface area contributed by atoms with Gasteiger partial charge in [-0.1, -0.05) is 18.2 Å². The SMILES string of the molecule is O=C(NCc1cnn(-c2ccccc2)c1)[C@H]1CCCNC1. The molecule has 1 atom stereocenters. The first-order valence-corrected chi connectivity index (χ1v) is 7.40. The van der Waals surface area contributed by atoms with Crippen LogP contribution in [0, 0.1) is 5.92 Å². The first-order chi connectivity index (χ1) is 10.3. The van der Waals surface area contributed by atoms with Gasteiger partial charge >= 0.3 is 0 Å². The van der Waals surface area contributed by atoms with Gasteiger partial charge in [-0.05, 0) is 31.5 Å². The largest absolute Gasteiger partial charge is 0.352 e. The van der Waals surface area contributed by atoms with E-state index in [1.165, 1.54) is 0 Å². The smallest absolute Gasteiger partial charge is 0.224 e. The average Bonchev–Trinajstić information content (AvgIpc) is 3.03. The normalized spacial score (nSPS) is 18.4. The molecule has 1 aromatic heterocycles. The summed E-state index contributed by atoms with van der Waals surface area (Å²) in [4.78, 5) is 12.1. The van der Waals surface area contributed by atoms with Crippen molar-refractivity contribution < 1.29 is 4.79 Å². The lowest BCUT2D eigenvalue weighted by Gasteiger charge is -2.21. The van der Waals surface area contributed by atoms with Crippen molar-refractivity contribution in [2.75, 3.05) is 13.1 Å². The van der Waals surface area contributed by atoms with E-state index in [1.807, 2.05) is 41.2 Å². The molecule has 0 saturated carbocycles. The second kappa shape index (κ2) is 6.54. The van der Waals surface area contributed by atoms with Crippen molar-refractivity contribution in [1.29, 1.82) is 0 Å². The number of hydrogen-bond donors (Lipinski definition) is 2. The van der Waals surface area contributed by atoms with Gasteiger partial charge in [0.1, 0.15) is 0 Å². The summed E-state index contributed by atoms with van der Waals surface area (Å²) in [6.45, 7) is 2.34. The van der Waals surface area contributed by atoms with Gasteiger partial charge in [-0.15, -0.1) is 0 Å². The lowest BCUT2D eigenvalue weighted by Crippen LogP contribution is -2.40. The highest BCUT2D eigenvalue weighted by molar-refractivity contribution is 5.78. The van der Waals surface area contributed by atoms with E-state index in [0.717, 1.165) is 37.2 Å². The number of rotatable bonds is 4. The molecule has 1 aliphatic heterocycles. The Kier molecular flexibility index (Phi) is 4.31. The van der Waals surface area contributed by atoms with E-state index in [4.69, 9.17) is 0 Å². The number of para-hydroxylation sites is 1. The molecule has 0 bridgehead atoms. The van der Waals surface area contributed by atoms with Crippen LogP contribution in [0.3, 0.4) is 0 Å². The number of amides is 1. The Bertz CT molecular complexity index is 587. The molecule has 1 aromatic carbocycles. The fourth-order valence-electron chi connectivity index (χ4n) is 2.58. The van der Waals surface area contributed by atoms with Crippen molar-refractivity contribution in [3.05, 3.63) is 48.3 Å². The van der Waals surface area contributed by atoms with E-state index in [9.17, 15) is 4.79 Å². The molecule has 3 rings (SSSR count). The van der Waals surface area contributed by atoms with E-state index in [0.29, 0.717) is 6.54 Å². The van der Waals surface area contributed by atoms with Gasteiger partial charge in [0.15, 0.2) is 0 Å². The van der Waals surface area contributed by atoms with Crippen molar-refractivity contribution in [2.24, 2.45) is 5.92 Å². The lowest BCUT2D eigenvalue weighted by atomic mass is 9.99. The zero-order valence-corrected chi connectivity index (χ0v) is 12.0. The van der Waals surface area contributed by atoms with Crippen LogP contribution in [0.15, 0.2) is 42.7 Å². The van der Waals surface area contributed by atoms with E-state index in [1.54, 1.807) is 6.20 Å². The van der Waals surface area contributed by atoms with Crippen LogP contribution in [0.1, 0.15) is 18.4 Å². The Morgan fingerprint density at radius 3 is 3.00 bits per heavy atom. The zero-order chi connectivity index (χ0) is 14.5. The van der Waals surface area contributed by atoms with Crippen LogP contribution in [0.5, 0.6) is 0 Å². The van der Waals surface area contributed by atoms with E-state index < -0.39 is 0 Å². The summed E-state index contributed by atoms with van der Waals surface area (Å²) in [7, 11) is 0. The average molecular weight is 284 g/mol. The second-order valence-electron chi connectivity index (χ2n) is 5.39. The van der Waals surface area contributed by atoms with Crippen molar-refractivity contribution in [1.82, 2.24) is 20.4 Å². The van der Waals surface area contributed by atoms with Gasteiger partial charge in [0.2, 0.25) is 5.91 Å². The highest BCUT2D eigenvalue weighted by Crippen LogP contribution is 2.11. The number of aromatic nitrogens is 2. The molecule has 0 aliphatic carbocycles. The number of hydrogen-bond acceptors (Lipinski definition) is 3. The van der Waals surface area contributed by atoms with Crippen LogP contribution in [-0.4, -0.2) is 28.8 Å². The minimum Gasteiger partial charge on any atom is -0.352 e. The van der Waals surface area contributed by atoms with Crippen LogP contribution in [0.25, 0.3) is 5.69 Å². The van der Waals surface area contributed by atoms with Gasteiger partial charge in [0.25, 0.3) is 0 Å². The molecule has 5 heteroatoms. The molecule has 1 saturated heterocycles. The predicted octanol–water partition coefficient (Wildman–Crippen LogP) is 1.49. The van der Waals surface area contributed by atoms with Gasteiger partial charge in [-0.3, -0.25) is 4.79 Å². The molecule has 1 fully saturated rings. The van der Waals surface area contributed by atoms with E-state index in [-0.39, 0.29) is 11.8 Å². The summed E-state index contributed by atoms with van der Waals surface area (Å²) >= 11 is 0. The van der Waals surface area contributed by atoms with Crippen LogP contribution < -0.4 is 10.6 Å². The molecule has 1 aliphatic rings. The minimum atomic E-state index is 0.0999. The predicted molar refractivity (Wildman–Crippen MR) is 81.0 cm³/mol. The summed E-state index contributed by atoms with van der Waals surface area (Å²) in [6.07, 6.45) is 5.80. The van der Waals surface area contributed by atoms with Crippen LogP contribution in [0.2, 0.25) is 0 Å². The number of carbonyl (C=O) groups excluding carboxylic acids is 1. The van der Waals surface area contributed by atoms with E-state index in [2.05, 4.69) is 15.7 Å². The molecule has 110 valence electrons. The van der Waals surface area contributed by atoms with Crippen molar-refractivity contribution in [2.45, 2.75) is 19.4 Å². The van der Waals surface area contributed by atoms with Gasteiger partial charge in [0.05, 0.1) is 17.8 Å². The summed E-state index contributed by atoms with van der Waals surface area (Å²) in [5, 5.41) is 10.6. The third-order valence-electron chi connectivity index (χ3n) is 3.79. The number of piperidine rings is 1. The highest BCUT2D eigenvalue weighted by Gasteiger charge is 2.20. The number of nitrogens with one attached hydrogen (secondary N) is 2. The fraction of sp³-hybridized carbons (Fsp3) is 0.375. The quantitative estimate of drug-likeness (QED) is 0.894. The topological polar surface area (TPSA) is 59.0 Å². The second-order valence-corrected chi connectivity index (χ2v) is 5.39. The standard InChI is InChI=1S/C16H20N4O/c21-16(14-5-4-8-17-11-14)18-9-13-10-19-20(12-13)15-6-2-1-3-7-15/h1-3,6-7,10,12,14,17H,4-5,8-9,11H2,(H,18,21)/t14-/m0/s1. The Morgan fingerprint density at radius 1 is 1.38 bits per heavy atom. The number of carbonyl (C=O) groups is 1. The molecule has 2 heterocycles. The molecule has 0 spiro atoms.